The first kappa shape index (κ1) is 16.4. The van der Waals surface area contributed by atoms with Crippen molar-refractivity contribution < 1.29 is 9.05 Å². The summed E-state index contributed by atoms with van der Waals surface area (Å²) in [5.74, 6) is 1.58. The smallest absolute Gasteiger partial charge is 0.134 e. The summed E-state index contributed by atoms with van der Waals surface area (Å²) in [6, 6.07) is 4.13. The van der Waals surface area contributed by atoms with E-state index in [0.717, 1.165) is 47.9 Å². The molecule has 0 radical (unpaired) electrons. The lowest BCUT2D eigenvalue weighted by Crippen LogP contribution is -2.23. The standard InChI is InChI=1S/C17H20ClN5O2/c1-10-7-13(20-24-10)15-5-4-6-23(15)9-12-16(19-22(3)17(12)18)14-8-11(2)25-21-14/h7-8,15H,4-6,9H2,1-3H3. The number of nitrogens with zero attached hydrogens (tertiary/aromatic N) is 5. The Hall–Kier alpha value is -2.12. The molecule has 7 nitrogen and oxygen atoms in total. The lowest BCUT2D eigenvalue weighted by atomic mass is 10.1. The first-order valence-corrected chi connectivity index (χ1v) is 8.73. The summed E-state index contributed by atoms with van der Waals surface area (Å²) in [6.07, 6.45) is 2.18. The number of halogens is 1. The second-order valence-electron chi connectivity index (χ2n) is 6.56. The molecule has 1 atom stereocenters. The maximum absolute atomic E-state index is 6.53. The molecule has 1 aliphatic heterocycles. The van der Waals surface area contributed by atoms with Gasteiger partial charge in [0, 0.05) is 31.3 Å². The molecule has 3 aromatic heterocycles. The predicted octanol–water partition coefficient (Wildman–Crippen LogP) is 3.67. The number of likely N-dealkylation sites (tertiary alicyclic amines) is 1. The minimum Gasteiger partial charge on any atom is -0.361 e. The Bertz CT molecular complexity index is 897. The van der Waals surface area contributed by atoms with Gasteiger partial charge in [-0.25, -0.2) is 0 Å². The second kappa shape index (κ2) is 6.31. The van der Waals surface area contributed by atoms with Crippen LogP contribution in [0.1, 0.15) is 41.7 Å². The molecule has 0 saturated carbocycles. The van der Waals surface area contributed by atoms with Crippen LogP contribution in [0.2, 0.25) is 5.15 Å². The van der Waals surface area contributed by atoms with Gasteiger partial charge in [-0.1, -0.05) is 21.9 Å². The monoisotopic (exact) mass is 361 g/mol. The van der Waals surface area contributed by atoms with E-state index in [0.29, 0.717) is 17.4 Å². The first-order chi connectivity index (χ1) is 12.0. The molecule has 0 bridgehead atoms. The fourth-order valence-corrected chi connectivity index (χ4v) is 3.65. The zero-order chi connectivity index (χ0) is 17.6. The third kappa shape index (κ3) is 2.98. The first-order valence-electron chi connectivity index (χ1n) is 8.35. The van der Waals surface area contributed by atoms with Gasteiger partial charge >= 0.3 is 0 Å². The number of aromatic nitrogens is 4. The van der Waals surface area contributed by atoms with Crippen LogP contribution in [0.3, 0.4) is 0 Å². The Kier molecular flexibility index (Phi) is 4.13. The van der Waals surface area contributed by atoms with Crippen LogP contribution in [0, 0.1) is 13.8 Å². The molecule has 4 rings (SSSR count). The van der Waals surface area contributed by atoms with E-state index in [1.165, 1.54) is 0 Å². The quantitative estimate of drug-likeness (QED) is 0.706. The van der Waals surface area contributed by atoms with Gasteiger partial charge in [0.15, 0.2) is 0 Å². The number of aryl methyl sites for hydroxylation is 3. The molecule has 25 heavy (non-hydrogen) atoms. The summed E-state index contributed by atoms with van der Waals surface area (Å²) in [5, 5.41) is 13.5. The van der Waals surface area contributed by atoms with Crippen molar-refractivity contribution in [2.45, 2.75) is 39.3 Å². The van der Waals surface area contributed by atoms with Crippen molar-refractivity contribution in [2.24, 2.45) is 7.05 Å². The molecule has 0 aliphatic carbocycles. The highest BCUT2D eigenvalue weighted by Crippen LogP contribution is 2.36. The molecular formula is C17H20ClN5O2. The summed E-state index contributed by atoms with van der Waals surface area (Å²) >= 11 is 6.53. The maximum Gasteiger partial charge on any atom is 0.134 e. The van der Waals surface area contributed by atoms with Gasteiger partial charge in [-0.3, -0.25) is 9.58 Å². The average Bonchev–Trinajstić information content (AvgIpc) is 3.33. The summed E-state index contributed by atoms with van der Waals surface area (Å²) in [4.78, 5) is 2.37. The molecule has 1 aliphatic rings. The summed E-state index contributed by atoms with van der Waals surface area (Å²) in [7, 11) is 1.84. The van der Waals surface area contributed by atoms with Gasteiger partial charge in [0.1, 0.15) is 33.8 Å². The zero-order valence-corrected chi connectivity index (χ0v) is 15.2. The highest BCUT2D eigenvalue weighted by molar-refractivity contribution is 6.30. The van der Waals surface area contributed by atoms with Crippen molar-refractivity contribution in [1.82, 2.24) is 25.0 Å². The Balaban J connectivity index is 1.66. The van der Waals surface area contributed by atoms with E-state index in [1.54, 1.807) is 4.68 Å². The highest BCUT2D eigenvalue weighted by atomic mass is 35.5. The Morgan fingerprint density at radius 2 is 1.96 bits per heavy atom. The number of hydrogen-bond donors (Lipinski definition) is 0. The SMILES string of the molecule is Cc1cc(-c2nn(C)c(Cl)c2CN2CCCC2c2cc(C)on2)no1. The molecule has 0 aromatic carbocycles. The Morgan fingerprint density at radius 3 is 2.64 bits per heavy atom. The van der Waals surface area contributed by atoms with Crippen LogP contribution in [0.4, 0.5) is 0 Å². The highest BCUT2D eigenvalue weighted by Gasteiger charge is 2.31. The fraction of sp³-hybridized carbons (Fsp3) is 0.471. The minimum atomic E-state index is 0.237. The van der Waals surface area contributed by atoms with Gasteiger partial charge in [-0.05, 0) is 33.2 Å². The van der Waals surface area contributed by atoms with Crippen LogP contribution in [-0.2, 0) is 13.6 Å². The van der Waals surface area contributed by atoms with Gasteiger partial charge < -0.3 is 9.05 Å². The van der Waals surface area contributed by atoms with E-state index in [9.17, 15) is 0 Å². The summed E-state index contributed by atoms with van der Waals surface area (Å²) in [5.41, 5.74) is 3.42. The molecule has 4 heterocycles. The fourth-order valence-electron chi connectivity index (χ4n) is 3.47. The predicted molar refractivity (Wildman–Crippen MR) is 92.1 cm³/mol. The normalized spacial score (nSPS) is 18.3. The lowest BCUT2D eigenvalue weighted by Gasteiger charge is -2.22. The van der Waals surface area contributed by atoms with Gasteiger partial charge in [0.2, 0.25) is 0 Å². The van der Waals surface area contributed by atoms with E-state index in [-0.39, 0.29) is 6.04 Å². The van der Waals surface area contributed by atoms with E-state index >= 15 is 0 Å². The largest absolute Gasteiger partial charge is 0.361 e. The molecule has 0 spiro atoms. The van der Waals surface area contributed by atoms with E-state index in [4.69, 9.17) is 20.6 Å². The third-order valence-corrected chi connectivity index (χ3v) is 5.12. The minimum absolute atomic E-state index is 0.237. The Morgan fingerprint density at radius 1 is 1.20 bits per heavy atom. The van der Waals surface area contributed by atoms with Crippen LogP contribution in [0.15, 0.2) is 21.2 Å². The molecule has 8 heteroatoms. The van der Waals surface area contributed by atoms with Gasteiger partial charge in [0.05, 0.1) is 6.04 Å². The average molecular weight is 362 g/mol. The van der Waals surface area contributed by atoms with Crippen molar-refractivity contribution in [1.29, 1.82) is 0 Å². The van der Waals surface area contributed by atoms with Crippen LogP contribution in [-0.4, -0.2) is 31.5 Å². The summed E-state index contributed by atoms with van der Waals surface area (Å²) in [6.45, 7) is 5.45. The second-order valence-corrected chi connectivity index (χ2v) is 6.91. The van der Waals surface area contributed by atoms with E-state index < -0.39 is 0 Å². The van der Waals surface area contributed by atoms with Crippen LogP contribution < -0.4 is 0 Å². The maximum atomic E-state index is 6.53. The molecule has 0 amide bonds. The molecule has 1 fully saturated rings. The van der Waals surface area contributed by atoms with Gasteiger partial charge in [0.25, 0.3) is 0 Å². The summed E-state index contributed by atoms with van der Waals surface area (Å²) < 4.78 is 12.1. The van der Waals surface area contributed by atoms with Crippen molar-refractivity contribution in [3.05, 3.63) is 40.1 Å². The molecule has 0 N–H and O–H groups in total. The third-order valence-electron chi connectivity index (χ3n) is 4.65. The molecule has 3 aromatic rings. The topological polar surface area (TPSA) is 73.1 Å². The van der Waals surface area contributed by atoms with E-state index in [1.807, 2.05) is 33.0 Å². The molecule has 132 valence electrons. The van der Waals surface area contributed by atoms with Crippen molar-refractivity contribution in [2.75, 3.05) is 6.54 Å². The number of hydrogen-bond acceptors (Lipinski definition) is 6. The Labute approximate surface area is 150 Å². The zero-order valence-electron chi connectivity index (χ0n) is 14.5. The lowest BCUT2D eigenvalue weighted by molar-refractivity contribution is 0.237. The van der Waals surface area contributed by atoms with Crippen molar-refractivity contribution >= 4 is 11.6 Å². The van der Waals surface area contributed by atoms with Gasteiger partial charge in [-0.15, -0.1) is 0 Å². The van der Waals surface area contributed by atoms with Crippen LogP contribution >= 0.6 is 11.6 Å². The van der Waals surface area contributed by atoms with Crippen LogP contribution in [0.25, 0.3) is 11.4 Å². The van der Waals surface area contributed by atoms with E-state index in [2.05, 4.69) is 20.3 Å². The molecule has 1 unspecified atom stereocenters. The van der Waals surface area contributed by atoms with Crippen LogP contribution in [0.5, 0.6) is 0 Å². The van der Waals surface area contributed by atoms with Crippen molar-refractivity contribution in [3.8, 4) is 11.4 Å². The molecule has 1 saturated heterocycles. The number of rotatable bonds is 4. The molecular weight excluding hydrogens is 342 g/mol. The van der Waals surface area contributed by atoms with Crippen molar-refractivity contribution in [3.63, 3.8) is 0 Å². The van der Waals surface area contributed by atoms with Gasteiger partial charge in [-0.2, -0.15) is 5.10 Å².